The number of hydrogen-bond acceptors (Lipinski definition) is 3. The van der Waals surface area contributed by atoms with Crippen LogP contribution in [-0.4, -0.2) is 53.4 Å². The lowest BCUT2D eigenvalue weighted by atomic mass is 9.90. The standard InChI is InChI=1S/C26H42N6.HI/c1-5-27-26(29-20-25-21(2)30-31(4)22(25)3)28-15-9-10-16-32-17-13-24(14-18-32)19-23-11-7-6-8-12-23;/h6-8,11-12,24H,5,9-10,13-20H2,1-4H3,(H2,27,28,29);1H. The molecule has 1 saturated heterocycles. The van der Waals surface area contributed by atoms with E-state index in [1.165, 1.54) is 68.6 Å². The molecule has 6 nitrogen and oxygen atoms in total. The lowest BCUT2D eigenvalue weighted by molar-refractivity contribution is 0.181. The van der Waals surface area contributed by atoms with Crippen molar-refractivity contribution in [1.29, 1.82) is 0 Å². The predicted molar refractivity (Wildman–Crippen MR) is 149 cm³/mol. The Balaban J connectivity index is 0.00000385. The minimum Gasteiger partial charge on any atom is -0.357 e. The van der Waals surface area contributed by atoms with E-state index < -0.39 is 0 Å². The van der Waals surface area contributed by atoms with Gasteiger partial charge in [-0.2, -0.15) is 5.10 Å². The lowest BCUT2D eigenvalue weighted by Gasteiger charge is -2.32. The van der Waals surface area contributed by atoms with Crippen LogP contribution in [-0.2, 0) is 20.0 Å². The van der Waals surface area contributed by atoms with Crippen LogP contribution in [0.15, 0.2) is 35.3 Å². The first-order valence-corrected chi connectivity index (χ1v) is 12.3. The van der Waals surface area contributed by atoms with Crippen molar-refractivity contribution in [2.24, 2.45) is 18.0 Å². The molecule has 0 amide bonds. The van der Waals surface area contributed by atoms with Gasteiger partial charge in [0.15, 0.2) is 5.96 Å². The SMILES string of the molecule is CCNC(=NCc1c(C)nn(C)c1C)NCCCCN1CCC(Cc2ccccc2)CC1.I. The van der Waals surface area contributed by atoms with Crippen LogP contribution < -0.4 is 10.6 Å². The fourth-order valence-electron chi connectivity index (χ4n) is 4.57. The summed E-state index contributed by atoms with van der Waals surface area (Å²) in [4.78, 5) is 7.43. The molecule has 0 spiro atoms. The van der Waals surface area contributed by atoms with Crippen molar-refractivity contribution in [2.75, 3.05) is 32.7 Å². The summed E-state index contributed by atoms with van der Waals surface area (Å²) in [6, 6.07) is 11.0. The van der Waals surface area contributed by atoms with E-state index in [0.29, 0.717) is 6.54 Å². The van der Waals surface area contributed by atoms with Gasteiger partial charge in [0.2, 0.25) is 0 Å². The molecule has 1 aliphatic heterocycles. The quantitative estimate of drug-likeness (QED) is 0.193. The average molecular weight is 567 g/mol. The number of piperidine rings is 1. The summed E-state index contributed by atoms with van der Waals surface area (Å²) in [7, 11) is 1.99. The van der Waals surface area contributed by atoms with E-state index >= 15 is 0 Å². The second-order valence-corrected chi connectivity index (χ2v) is 9.08. The summed E-state index contributed by atoms with van der Waals surface area (Å²) < 4.78 is 1.94. The Morgan fingerprint density at radius 3 is 2.45 bits per heavy atom. The van der Waals surface area contributed by atoms with E-state index in [2.05, 4.69) is 71.7 Å². The number of nitrogens with zero attached hydrogens (tertiary/aromatic N) is 4. The fourth-order valence-corrected chi connectivity index (χ4v) is 4.57. The zero-order chi connectivity index (χ0) is 22.8. The lowest BCUT2D eigenvalue weighted by Crippen LogP contribution is -2.38. The number of aliphatic imine (C=N–C) groups is 1. The van der Waals surface area contributed by atoms with Crippen LogP contribution in [0.4, 0.5) is 0 Å². The Bertz CT molecular complexity index is 840. The van der Waals surface area contributed by atoms with Gasteiger partial charge in [-0.15, -0.1) is 24.0 Å². The highest BCUT2D eigenvalue weighted by Crippen LogP contribution is 2.21. The van der Waals surface area contributed by atoms with E-state index in [1.54, 1.807) is 0 Å². The molecule has 0 bridgehead atoms. The maximum Gasteiger partial charge on any atom is 0.191 e. The topological polar surface area (TPSA) is 57.5 Å². The second-order valence-electron chi connectivity index (χ2n) is 9.08. The first-order chi connectivity index (χ1) is 15.6. The Labute approximate surface area is 217 Å². The Hall–Kier alpha value is -1.61. The Morgan fingerprint density at radius 1 is 1.09 bits per heavy atom. The van der Waals surface area contributed by atoms with Gasteiger partial charge >= 0.3 is 0 Å². The summed E-state index contributed by atoms with van der Waals surface area (Å²) in [5, 5.41) is 11.4. The van der Waals surface area contributed by atoms with Crippen molar-refractivity contribution in [3.63, 3.8) is 0 Å². The molecule has 1 aliphatic rings. The number of unbranched alkanes of at least 4 members (excludes halogenated alkanes) is 1. The Kier molecular flexibility index (Phi) is 12.2. The molecule has 2 aromatic rings. The van der Waals surface area contributed by atoms with Crippen molar-refractivity contribution in [1.82, 2.24) is 25.3 Å². The smallest absolute Gasteiger partial charge is 0.191 e. The summed E-state index contributed by atoms with van der Waals surface area (Å²) in [5.74, 6) is 1.75. The van der Waals surface area contributed by atoms with Gasteiger partial charge in [0, 0.05) is 31.4 Å². The van der Waals surface area contributed by atoms with Gasteiger partial charge in [0.05, 0.1) is 12.2 Å². The van der Waals surface area contributed by atoms with E-state index in [9.17, 15) is 0 Å². The number of hydrogen-bond donors (Lipinski definition) is 2. The molecule has 0 atom stereocenters. The van der Waals surface area contributed by atoms with Crippen molar-refractivity contribution in [3.05, 3.63) is 52.8 Å². The van der Waals surface area contributed by atoms with Gasteiger partial charge in [-0.1, -0.05) is 30.3 Å². The molecular formula is C26H43IN6. The number of aryl methyl sites for hydroxylation is 2. The molecule has 33 heavy (non-hydrogen) atoms. The minimum absolute atomic E-state index is 0. The van der Waals surface area contributed by atoms with Crippen molar-refractivity contribution < 1.29 is 0 Å². The van der Waals surface area contributed by atoms with E-state index in [1.807, 2.05) is 11.7 Å². The summed E-state index contributed by atoms with van der Waals surface area (Å²) in [6.45, 7) is 12.5. The highest BCUT2D eigenvalue weighted by molar-refractivity contribution is 14.0. The zero-order valence-electron chi connectivity index (χ0n) is 20.9. The molecule has 184 valence electrons. The zero-order valence-corrected chi connectivity index (χ0v) is 23.3. The molecule has 2 heterocycles. The van der Waals surface area contributed by atoms with E-state index in [4.69, 9.17) is 4.99 Å². The monoisotopic (exact) mass is 566 g/mol. The third kappa shape index (κ3) is 8.92. The molecule has 0 radical (unpaired) electrons. The molecule has 0 unspecified atom stereocenters. The third-order valence-electron chi connectivity index (χ3n) is 6.67. The molecule has 1 aromatic heterocycles. The number of aromatic nitrogens is 2. The summed E-state index contributed by atoms with van der Waals surface area (Å²) in [5.41, 5.74) is 4.97. The van der Waals surface area contributed by atoms with Crippen LogP contribution in [0.25, 0.3) is 0 Å². The largest absolute Gasteiger partial charge is 0.357 e. The molecule has 1 aromatic carbocycles. The normalized spacial score (nSPS) is 15.3. The molecule has 3 rings (SSSR count). The van der Waals surface area contributed by atoms with Gasteiger partial charge in [-0.25, -0.2) is 4.99 Å². The molecule has 0 aliphatic carbocycles. The Morgan fingerprint density at radius 2 is 1.82 bits per heavy atom. The number of guanidine groups is 1. The van der Waals surface area contributed by atoms with Crippen LogP contribution in [0, 0.1) is 19.8 Å². The minimum atomic E-state index is 0. The van der Waals surface area contributed by atoms with Crippen LogP contribution in [0.5, 0.6) is 0 Å². The predicted octanol–water partition coefficient (Wildman–Crippen LogP) is 4.44. The molecule has 1 fully saturated rings. The average Bonchev–Trinajstić information content (AvgIpc) is 3.04. The van der Waals surface area contributed by atoms with Crippen LogP contribution in [0.3, 0.4) is 0 Å². The number of nitrogens with one attached hydrogen (secondary N) is 2. The molecule has 7 heteroatoms. The second kappa shape index (κ2) is 14.6. The van der Waals surface area contributed by atoms with Crippen molar-refractivity contribution >= 4 is 29.9 Å². The first-order valence-electron chi connectivity index (χ1n) is 12.3. The molecule has 0 saturated carbocycles. The molecule has 2 N–H and O–H groups in total. The van der Waals surface area contributed by atoms with E-state index in [0.717, 1.165) is 30.7 Å². The van der Waals surface area contributed by atoms with Gasteiger partial charge < -0.3 is 15.5 Å². The maximum atomic E-state index is 4.78. The number of benzene rings is 1. The summed E-state index contributed by atoms with van der Waals surface area (Å²) >= 11 is 0. The van der Waals surface area contributed by atoms with Gasteiger partial charge in [0.1, 0.15) is 0 Å². The summed E-state index contributed by atoms with van der Waals surface area (Å²) in [6.07, 6.45) is 6.30. The van der Waals surface area contributed by atoms with Gasteiger partial charge in [0.25, 0.3) is 0 Å². The maximum absolute atomic E-state index is 4.78. The third-order valence-corrected chi connectivity index (χ3v) is 6.67. The molecular weight excluding hydrogens is 523 g/mol. The van der Waals surface area contributed by atoms with Gasteiger partial charge in [-0.3, -0.25) is 4.68 Å². The van der Waals surface area contributed by atoms with Crippen molar-refractivity contribution in [2.45, 2.75) is 59.4 Å². The number of rotatable bonds is 10. The van der Waals surface area contributed by atoms with Crippen LogP contribution in [0.2, 0.25) is 0 Å². The fraction of sp³-hybridized carbons (Fsp3) is 0.615. The highest BCUT2D eigenvalue weighted by Gasteiger charge is 2.19. The van der Waals surface area contributed by atoms with Crippen molar-refractivity contribution in [3.8, 4) is 0 Å². The highest BCUT2D eigenvalue weighted by atomic mass is 127. The first kappa shape index (κ1) is 27.6. The van der Waals surface area contributed by atoms with Crippen LogP contribution >= 0.6 is 24.0 Å². The van der Waals surface area contributed by atoms with Crippen LogP contribution in [0.1, 0.15) is 55.1 Å². The van der Waals surface area contributed by atoms with E-state index in [-0.39, 0.29) is 24.0 Å². The number of likely N-dealkylation sites (tertiary alicyclic amines) is 1. The number of halogens is 1. The van der Waals surface area contributed by atoms with Gasteiger partial charge in [-0.05, 0) is 84.0 Å².